The standard InChI is InChI=1S/C8H11N3O3/c1-3-14-8(13)4-7(12)6-5-11(2)10-9-6/h5H,3-4H2,1-2H3. The fourth-order valence-electron chi connectivity index (χ4n) is 0.909. The summed E-state index contributed by atoms with van der Waals surface area (Å²) >= 11 is 0. The predicted molar refractivity (Wildman–Crippen MR) is 46.6 cm³/mol. The molecule has 0 aliphatic rings. The van der Waals surface area contributed by atoms with Crippen molar-refractivity contribution in [3.05, 3.63) is 11.9 Å². The molecule has 6 heteroatoms. The van der Waals surface area contributed by atoms with Gasteiger partial charge in [-0.3, -0.25) is 14.3 Å². The third-order valence-corrected chi connectivity index (χ3v) is 1.50. The van der Waals surface area contributed by atoms with E-state index in [2.05, 4.69) is 15.0 Å². The van der Waals surface area contributed by atoms with E-state index in [0.717, 1.165) is 0 Å². The number of ether oxygens (including phenoxy) is 1. The Hall–Kier alpha value is -1.72. The minimum atomic E-state index is -0.539. The van der Waals surface area contributed by atoms with Gasteiger partial charge in [0.25, 0.3) is 0 Å². The summed E-state index contributed by atoms with van der Waals surface area (Å²) in [7, 11) is 1.65. The molecule has 0 aromatic carbocycles. The summed E-state index contributed by atoms with van der Waals surface area (Å²) in [6.45, 7) is 1.96. The first-order chi connectivity index (χ1) is 6.63. The molecule has 14 heavy (non-hydrogen) atoms. The molecule has 0 N–H and O–H groups in total. The summed E-state index contributed by atoms with van der Waals surface area (Å²) in [5, 5.41) is 7.17. The van der Waals surface area contributed by atoms with Gasteiger partial charge in [0.1, 0.15) is 12.1 Å². The van der Waals surface area contributed by atoms with E-state index in [4.69, 9.17) is 0 Å². The summed E-state index contributed by atoms with van der Waals surface area (Å²) < 4.78 is 6.03. The topological polar surface area (TPSA) is 74.1 Å². The van der Waals surface area contributed by atoms with Gasteiger partial charge in [0, 0.05) is 7.05 Å². The van der Waals surface area contributed by atoms with Crippen LogP contribution in [0.2, 0.25) is 0 Å². The van der Waals surface area contributed by atoms with Gasteiger partial charge in [-0.2, -0.15) is 0 Å². The second kappa shape index (κ2) is 4.50. The van der Waals surface area contributed by atoms with Gasteiger partial charge < -0.3 is 4.74 Å². The average Bonchev–Trinajstić information content (AvgIpc) is 2.52. The zero-order valence-corrected chi connectivity index (χ0v) is 8.06. The molecule has 0 radical (unpaired) electrons. The first kappa shape index (κ1) is 10.4. The number of rotatable bonds is 4. The van der Waals surface area contributed by atoms with Crippen LogP contribution >= 0.6 is 0 Å². The molecule has 76 valence electrons. The van der Waals surface area contributed by atoms with Crippen molar-refractivity contribution < 1.29 is 14.3 Å². The van der Waals surface area contributed by atoms with Crippen LogP contribution in [0.15, 0.2) is 6.20 Å². The Morgan fingerprint density at radius 2 is 2.29 bits per heavy atom. The van der Waals surface area contributed by atoms with Crippen molar-refractivity contribution in [3.8, 4) is 0 Å². The molecule has 0 saturated carbocycles. The molecule has 1 heterocycles. The molecule has 1 rings (SSSR count). The molecule has 0 bridgehead atoms. The van der Waals surface area contributed by atoms with Gasteiger partial charge in [0.2, 0.25) is 0 Å². The Bertz CT molecular complexity index is 345. The lowest BCUT2D eigenvalue weighted by atomic mass is 10.2. The smallest absolute Gasteiger partial charge is 0.313 e. The fraction of sp³-hybridized carbons (Fsp3) is 0.500. The quantitative estimate of drug-likeness (QED) is 0.384. The van der Waals surface area contributed by atoms with E-state index in [1.807, 2.05) is 0 Å². The average molecular weight is 197 g/mol. The van der Waals surface area contributed by atoms with Crippen LogP contribution in [0.4, 0.5) is 0 Å². The summed E-state index contributed by atoms with van der Waals surface area (Å²) in [6.07, 6.45) is 1.17. The second-order valence-corrected chi connectivity index (χ2v) is 2.68. The van der Waals surface area contributed by atoms with Crippen LogP contribution in [0.25, 0.3) is 0 Å². The normalized spacial score (nSPS) is 9.86. The molecule has 0 spiro atoms. The van der Waals surface area contributed by atoms with Crippen LogP contribution in [0.3, 0.4) is 0 Å². The molecule has 0 unspecified atom stereocenters. The molecule has 0 aliphatic heterocycles. The highest BCUT2D eigenvalue weighted by molar-refractivity contribution is 6.04. The number of esters is 1. The Balaban J connectivity index is 2.55. The van der Waals surface area contributed by atoms with Crippen molar-refractivity contribution in [2.75, 3.05) is 6.61 Å². The maximum Gasteiger partial charge on any atom is 0.313 e. The van der Waals surface area contributed by atoms with Crippen molar-refractivity contribution in [1.29, 1.82) is 0 Å². The van der Waals surface area contributed by atoms with Gasteiger partial charge in [0.15, 0.2) is 5.78 Å². The molecule has 0 amide bonds. The zero-order valence-electron chi connectivity index (χ0n) is 8.06. The highest BCUT2D eigenvalue weighted by Gasteiger charge is 2.15. The number of carbonyl (C=O) groups is 2. The summed E-state index contributed by atoms with van der Waals surface area (Å²) in [5.74, 6) is -0.917. The fourth-order valence-corrected chi connectivity index (χ4v) is 0.909. The SMILES string of the molecule is CCOC(=O)CC(=O)c1cn(C)nn1. The Morgan fingerprint density at radius 1 is 1.57 bits per heavy atom. The number of Topliss-reactive ketones (excluding diaryl/α,β-unsaturated/α-hetero) is 1. The van der Waals surface area contributed by atoms with Crippen LogP contribution in [-0.2, 0) is 16.6 Å². The van der Waals surface area contributed by atoms with Crippen LogP contribution in [0.5, 0.6) is 0 Å². The lowest BCUT2D eigenvalue weighted by Gasteiger charge is -1.97. The first-order valence-electron chi connectivity index (χ1n) is 4.18. The number of hydrogen-bond donors (Lipinski definition) is 0. The van der Waals surface area contributed by atoms with Gasteiger partial charge in [-0.1, -0.05) is 5.21 Å². The van der Waals surface area contributed by atoms with Gasteiger partial charge in [-0.15, -0.1) is 5.10 Å². The third-order valence-electron chi connectivity index (χ3n) is 1.50. The summed E-state index contributed by atoms with van der Waals surface area (Å²) in [5.41, 5.74) is 0.181. The Kier molecular flexibility index (Phi) is 3.33. The van der Waals surface area contributed by atoms with E-state index in [1.165, 1.54) is 10.9 Å². The van der Waals surface area contributed by atoms with E-state index in [-0.39, 0.29) is 24.5 Å². The van der Waals surface area contributed by atoms with E-state index in [1.54, 1.807) is 14.0 Å². The molecule has 1 aromatic heterocycles. The van der Waals surface area contributed by atoms with Crippen LogP contribution < -0.4 is 0 Å². The van der Waals surface area contributed by atoms with E-state index in [9.17, 15) is 9.59 Å². The largest absolute Gasteiger partial charge is 0.466 e. The minimum Gasteiger partial charge on any atom is -0.466 e. The molecule has 6 nitrogen and oxygen atoms in total. The van der Waals surface area contributed by atoms with Crippen LogP contribution in [0, 0.1) is 0 Å². The molecular weight excluding hydrogens is 186 g/mol. The molecule has 1 aromatic rings. The molecule has 0 fully saturated rings. The van der Waals surface area contributed by atoms with Crippen molar-refractivity contribution in [3.63, 3.8) is 0 Å². The lowest BCUT2D eigenvalue weighted by molar-refractivity contribution is -0.141. The number of aryl methyl sites for hydroxylation is 1. The summed E-state index contributed by atoms with van der Waals surface area (Å²) in [6, 6.07) is 0. The van der Waals surface area contributed by atoms with E-state index >= 15 is 0 Å². The van der Waals surface area contributed by atoms with Crippen LogP contribution in [0.1, 0.15) is 23.8 Å². The lowest BCUT2D eigenvalue weighted by Crippen LogP contribution is -2.11. The first-order valence-corrected chi connectivity index (χ1v) is 4.18. The summed E-state index contributed by atoms with van der Waals surface area (Å²) in [4.78, 5) is 22.3. The highest BCUT2D eigenvalue weighted by Crippen LogP contribution is 1.99. The molecule has 0 atom stereocenters. The van der Waals surface area contributed by atoms with Crippen molar-refractivity contribution in [1.82, 2.24) is 15.0 Å². The van der Waals surface area contributed by atoms with Gasteiger partial charge >= 0.3 is 5.97 Å². The maximum atomic E-state index is 11.3. The van der Waals surface area contributed by atoms with Gasteiger partial charge in [-0.25, -0.2) is 0 Å². The van der Waals surface area contributed by atoms with Crippen LogP contribution in [-0.4, -0.2) is 33.4 Å². The molecule has 0 saturated heterocycles. The molecule has 0 aliphatic carbocycles. The van der Waals surface area contributed by atoms with Crippen molar-refractivity contribution in [2.24, 2.45) is 7.05 Å². The highest BCUT2D eigenvalue weighted by atomic mass is 16.5. The molecular formula is C8H11N3O3. The number of nitrogens with zero attached hydrogens (tertiary/aromatic N) is 3. The van der Waals surface area contributed by atoms with Crippen molar-refractivity contribution >= 4 is 11.8 Å². The zero-order chi connectivity index (χ0) is 10.6. The minimum absolute atomic E-state index is 0.181. The van der Waals surface area contributed by atoms with E-state index in [0.29, 0.717) is 0 Å². The maximum absolute atomic E-state index is 11.3. The Morgan fingerprint density at radius 3 is 2.79 bits per heavy atom. The van der Waals surface area contributed by atoms with Crippen molar-refractivity contribution in [2.45, 2.75) is 13.3 Å². The van der Waals surface area contributed by atoms with Gasteiger partial charge in [0.05, 0.1) is 12.8 Å². The number of hydrogen-bond acceptors (Lipinski definition) is 5. The van der Waals surface area contributed by atoms with E-state index < -0.39 is 5.97 Å². The monoisotopic (exact) mass is 197 g/mol. The number of carbonyl (C=O) groups excluding carboxylic acids is 2. The van der Waals surface area contributed by atoms with Gasteiger partial charge in [-0.05, 0) is 6.92 Å². The second-order valence-electron chi connectivity index (χ2n) is 2.68. The predicted octanol–water partition coefficient (Wildman–Crippen LogP) is -0.0490. The number of ketones is 1. The third kappa shape index (κ3) is 2.65. The number of aromatic nitrogens is 3. The Labute approximate surface area is 80.9 Å².